The monoisotopic (exact) mass is 318 g/mol. The molecular weight excluding hydrogens is 300 g/mol. The van der Waals surface area contributed by atoms with E-state index in [9.17, 15) is 9.59 Å². The molecule has 6 heteroatoms. The van der Waals surface area contributed by atoms with Crippen molar-refractivity contribution in [1.29, 1.82) is 0 Å². The molecule has 0 bridgehead atoms. The molecule has 1 amide bonds. The molecule has 0 saturated heterocycles. The number of nitrogens with one attached hydrogen (secondary N) is 1. The largest absolute Gasteiger partial charge is 0.465 e. The van der Waals surface area contributed by atoms with Crippen molar-refractivity contribution in [3.05, 3.63) is 46.0 Å². The minimum atomic E-state index is -0.447. The van der Waals surface area contributed by atoms with Crippen molar-refractivity contribution in [3.8, 4) is 0 Å². The van der Waals surface area contributed by atoms with E-state index in [-0.39, 0.29) is 5.91 Å². The summed E-state index contributed by atoms with van der Waals surface area (Å²) in [5.41, 5.74) is 2.27. The van der Waals surface area contributed by atoms with Crippen LogP contribution in [0.2, 0.25) is 0 Å². The van der Waals surface area contributed by atoms with Gasteiger partial charge in [0, 0.05) is 5.56 Å². The Labute approximate surface area is 133 Å². The van der Waals surface area contributed by atoms with Crippen molar-refractivity contribution >= 4 is 28.3 Å². The molecule has 5 nitrogen and oxygen atoms in total. The van der Waals surface area contributed by atoms with Crippen molar-refractivity contribution < 1.29 is 14.3 Å². The van der Waals surface area contributed by atoms with Crippen LogP contribution in [-0.4, -0.2) is 24.0 Å². The number of amides is 1. The fourth-order valence-electron chi connectivity index (χ4n) is 1.92. The summed E-state index contributed by atoms with van der Waals surface area (Å²) in [4.78, 5) is 28.3. The van der Waals surface area contributed by atoms with Gasteiger partial charge in [0.05, 0.1) is 12.8 Å². The van der Waals surface area contributed by atoms with Gasteiger partial charge in [0.25, 0.3) is 5.91 Å². The highest BCUT2D eigenvalue weighted by molar-refractivity contribution is 7.17. The van der Waals surface area contributed by atoms with Crippen molar-refractivity contribution in [3.63, 3.8) is 0 Å². The number of aryl methyl sites for hydroxylation is 1. The Bertz CT molecular complexity index is 690. The SMILES string of the molecule is COC(=O)c1sc(NC(=O)c2ccc(C(C)C)cc2)nc1C. The van der Waals surface area contributed by atoms with Gasteiger partial charge < -0.3 is 4.74 Å². The van der Waals surface area contributed by atoms with E-state index >= 15 is 0 Å². The second kappa shape index (κ2) is 6.70. The van der Waals surface area contributed by atoms with Gasteiger partial charge in [-0.15, -0.1) is 0 Å². The Morgan fingerprint density at radius 1 is 1.23 bits per heavy atom. The molecule has 1 N–H and O–H groups in total. The van der Waals surface area contributed by atoms with E-state index in [0.29, 0.717) is 27.2 Å². The van der Waals surface area contributed by atoms with Gasteiger partial charge in [0.1, 0.15) is 4.88 Å². The van der Waals surface area contributed by atoms with Crippen LogP contribution in [0.3, 0.4) is 0 Å². The third kappa shape index (κ3) is 3.51. The van der Waals surface area contributed by atoms with Crippen molar-refractivity contribution in [2.75, 3.05) is 12.4 Å². The Hall–Kier alpha value is -2.21. The summed E-state index contributed by atoms with van der Waals surface area (Å²) in [5.74, 6) is -0.279. The van der Waals surface area contributed by atoms with E-state index in [2.05, 4.69) is 28.9 Å². The summed E-state index contributed by atoms with van der Waals surface area (Å²) in [6.45, 7) is 5.90. The molecule has 0 unspecified atom stereocenters. The minimum Gasteiger partial charge on any atom is -0.465 e. The number of anilines is 1. The third-order valence-corrected chi connectivity index (χ3v) is 4.28. The van der Waals surface area contributed by atoms with E-state index in [4.69, 9.17) is 0 Å². The summed E-state index contributed by atoms with van der Waals surface area (Å²) >= 11 is 1.11. The van der Waals surface area contributed by atoms with E-state index < -0.39 is 5.97 Å². The summed E-state index contributed by atoms with van der Waals surface area (Å²) in [5, 5.41) is 3.09. The van der Waals surface area contributed by atoms with Crippen LogP contribution in [0.1, 0.15) is 51.1 Å². The van der Waals surface area contributed by atoms with Crippen molar-refractivity contribution in [2.45, 2.75) is 26.7 Å². The van der Waals surface area contributed by atoms with E-state index in [1.807, 2.05) is 12.1 Å². The average Bonchev–Trinajstić information content (AvgIpc) is 2.87. The molecule has 116 valence electrons. The van der Waals surface area contributed by atoms with Gasteiger partial charge in [0.2, 0.25) is 0 Å². The van der Waals surface area contributed by atoms with Crippen molar-refractivity contribution in [2.24, 2.45) is 0 Å². The molecule has 0 aliphatic carbocycles. The van der Waals surface area contributed by atoms with Crippen LogP contribution in [0, 0.1) is 6.92 Å². The highest BCUT2D eigenvalue weighted by Crippen LogP contribution is 2.24. The third-order valence-electron chi connectivity index (χ3n) is 3.23. The van der Waals surface area contributed by atoms with Gasteiger partial charge in [0.15, 0.2) is 5.13 Å². The summed E-state index contributed by atoms with van der Waals surface area (Å²) in [6.07, 6.45) is 0. The number of carbonyl (C=O) groups excluding carboxylic acids is 2. The molecule has 0 aliphatic heterocycles. The number of esters is 1. The number of ether oxygens (including phenoxy) is 1. The molecule has 22 heavy (non-hydrogen) atoms. The number of carbonyl (C=O) groups is 2. The lowest BCUT2D eigenvalue weighted by Gasteiger charge is -2.06. The zero-order chi connectivity index (χ0) is 16.3. The average molecular weight is 318 g/mol. The van der Waals surface area contributed by atoms with Gasteiger partial charge in [-0.1, -0.05) is 37.3 Å². The smallest absolute Gasteiger partial charge is 0.350 e. The molecule has 0 spiro atoms. The van der Waals surface area contributed by atoms with Crippen LogP contribution in [0.4, 0.5) is 5.13 Å². The lowest BCUT2D eigenvalue weighted by molar-refractivity contribution is 0.0605. The zero-order valence-electron chi connectivity index (χ0n) is 13.0. The van der Waals surface area contributed by atoms with Gasteiger partial charge in [-0.2, -0.15) is 0 Å². The van der Waals surface area contributed by atoms with Gasteiger partial charge >= 0.3 is 5.97 Å². The maximum Gasteiger partial charge on any atom is 0.350 e. The highest BCUT2D eigenvalue weighted by atomic mass is 32.1. The molecule has 0 aliphatic rings. The number of aromatic nitrogens is 1. The highest BCUT2D eigenvalue weighted by Gasteiger charge is 2.17. The van der Waals surface area contributed by atoms with Gasteiger partial charge in [-0.05, 0) is 30.5 Å². The summed E-state index contributed by atoms with van der Waals surface area (Å²) in [6, 6.07) is 7.44. The topological polar surface area (TPSA) is 68.3 Å². The van der Waals surface area contributed by atoms with Crippen LogP contribution in [0.5, 0.6) is 0 Å². The molecule has 2 aromatic rings. The lowest BCUT2D eigenvalue weighted by atomic mass is 10.0. The molecule has 1 aromatic heterocycles. The first-order valence-electron chi connectivity index (χ1n) is 6.89. The maximum absolute atomic E-state index is 12.2. The minimum absolute atomic E-state index is 0.250. The maximum atomic E-state index is 12.2. The second-order valence-corrected chi connectivity index (χ2v) is 6.16. The molecule has 2 rings (SSSR count). The number of methoxy groups -OCH3 is 1. The fraction of sp³-hybridized carbons (Fsp3) is 0.312. The molecule has 0 radical (unpaired) electrons. The molecule has 0 fully saturated rings. The van der Waals surface area contributed by atoms with E-state index in [1.165, 1.54) is 12.7 Å². The molecule has 1 aromatic carbocycles. The lowest BCUT2D eigenvalue weighted by Crippen LogP contribution is -2.11. The van der Waals surface area contributed by atoms with Crippen LogP contribution >= 0.6 is 11.3 Å². The summed E-state index contributed by atoms with van der Waals surface area (Å²) in [7, 11) is 1.32. The van der Waals surface area contributed by atoms with E-state index in [0.717, 1.165) is 11.3 Å². The van der Waals surface area contributed by atoms with Crippen LogP contribution in [-0.2, 0) is 4.74 Å². The van der Waals surface area contributed by atoms with Crippen molar-refractivity contribution in [1.82, 2.24) is 4.98 Å². The predicted octanol–water partition coefficient (Wildman–Crippen LogP) is 3.61. The first-order valence-corrected chi connectivity index (χ1v) is 7.71. The quantitative estimate of drug-likeness (QED) is 0.874. The van der Waals surface area contributed by atoms with Crippen LogP contribution < -0.4 is 5.32 Å². The number of thiazole rings is 1. The summed E-state index contributed by atoms with van der Waals surface area (Å²) < 4.78 is 4.67. The Kier molecular flexibility index (Phi) is 4.92. The van der Waals surface area contributed by atoms with Crippen LogP contribution in [0.25, 0.3) is 0 Å². The number of nitrogens with zero attached hydrogens (tertiary/aromatic N) is 1. The Balaban J connectivity index is 2.13. The predicted molar refractivity (Wildman–Crippen MR) is 86.7 cm³/mol. The first-order chi connectivity index (χ1) is 10.4. The number of rotatable bonds is 4. The molecule has 1 heterocycles. The molecule has 0 saturated carbocycles. The number of benzene rings is 1. The standard InChI is InChI=1S/C16H18N2O3S/c1-9(2)11-5-7-12(8-6-11)14(19)18-16-17-10(3)13(22-16)15(20)21-4/h5-9H,1-4H3,(H,17,18,19). The number of hydrogen-bond acceptors (Lipinski definition) is 5. The number of hydrogen-bond donors (Lipinski definition) is 1. The normalized spacial score (nSPS) is 10.6. The zero-order valence-corrected chi connectivity index (χ0v) is 13.8. The van der Waals surface area contributed by atoms with Gasteiger partial charge in [-0.3, -0.25) is 10.1 Å². The first kappa shape index (κ1) is 16.2. The Morgan fingerprint density at radius 3 is 2.41 bits per heavy atom. The fourth-order valence-corrected chi connectivity index (χ4v) is 2.80. The van der Waals surface area contributed by atoms with Gasteiger partial charge in [-0.25, -0.2) is 9.78 Å². The van der Waals surface area contributed by atoms with Crippen LogP contribution in [0.15, 0.2) is 24.3 Å². The van der Waals surface area contributed by atoms with E-state index in [1.54, 1.807) is 19.1 Å². The second-order valence-electron chi connectivity index (χ2n) is 5.16. The molecule has 0 atom stereocenters. The Morgan fingerprint density at radius 2 is 1.86 bits per heavy atom. The molecular formula is C16H18N2O3S.